The van der Waals surface area contributed by atoms with Crippen LogP contribution in [0.4, 0.5) is 5.82 Å². The molecule has 0 atom stereocenters. The van der Waals surface area contributed by atoms with Crippen molar-refractivity contribution in [2.45, 2.75) is 19.8 Å². The van der Waals surface area contributed by atoms with Crippen molar-refractivity contribution in [3.63, 3.8) is 0 Å². The van der Waals surface area contributed by atoms with Crippen LogP contribution in [0.3, 0.4) is 0 Å². The van der Waals surface area contributed by atoms with Crippen LogP contribution >= 0.6 is 31.9 Å². The Morgan fingerprint density at radius 2 is 1.89 bits per heavy atom. The Balaban J connectivity index is 2.61. The first kappa shape index (κ1) is 14.4. The van der Waals surface area contributed by atoms with Gasteiger partial charge in [0, 0.05) is 29.5 Å². The Bertz CT molecular complexity index is 599. The summed E-state index contributed by atoms with van der Waals surface area (Å²) in [5.41, 5.74) is 1.87. The van der Waals surface area contributed by atoms with Crippen LogP contribution in [0.15, 0.2) is 27.4 Å². The molecule has 2 aromatic rings. The molecule has 100 valence electrons. The summed E-state index contributed by atoms with van der Waals surface area (Å²) in [4.78, 5) is 13.3. The molecule has 2 rings (SSSR count). The fourth-order valence-electron chi connectivity index (χ4n) is 1.68. The van der Waals surface area contributed by atoms with Gasteiger partial charge in [-0.2, -0.15) is 0 Å². The summed E-state index contributed by atoms with van der Waals surface area (Å²) >= 11 is 6.96. The van der Waals surface area contributed by atoms with E-state index < -0.39 is 0 Å². The van der Waals surface area contributed by atoms with Crippen LogP contribution < -0.4 is 5.32 Å². The quantitative estimate of drug-likeness (QED) is 0.858. The second-order valence-electron chi connectivity index (χ2n) is 4.39. The molecule has 0 amide bonds. The molecule has 0 aromatic carbocycles. The molecule has 0 aliphatic heterocycles. The Morgan fingerprint density at radius 3 is 2.47 bits per heavy atom. The van der Waals surface area contributed by atoms with Gasteiger partial charge in [-0.1, -0.05) is 13.8 Å². The van der Waals surface area contributed by atoms with Crippen LogP contribution in [-0.4, -0.2) is 22.0 Å². The molecule has 2 heterocycles. The second kappa shape index (κ2) is 5.96. The number of halogens is 2. The summed E-state index contributed by atoms with van der Waals surface area (Å²) in [5.74, 6) is 1.77. The van der Waals surface area contributed by atoms with Crippen LogP contribution in [-0.2, 0) is 0 Å². The Morgan fingerprint density at radius 1 is 1.16 bits per heavy atom. The molecule has 0 bridgehead atoms. The first-order valence-corrected chi connectivity index (χ1v) is 7.47. The lowest BCUT2D eigenvalue weighted by atomic mass is 10.1. The number of nitrogens with one attached hydrogen (secondary N) is 1. The third kappa shape index (κ3) is 3.12. The predicted molar refractivity (Wildman–Crippen MR) is 84.3 cm³/mol. The average Bonchev–Trinajstić information content (AvgIpc) is 2.38. The van der Waals surface area contributed by atoms with Gasteiger partial charge in [0.15, 0.2) is 5.82 Å². The van der Waals surface area contributed by atoms with Gasteiger partial charge in [-0.3, -0.25) is 4.98 Å². The topological polar surface area (TPSA) is 50.7 Å². The summed E-state index contributed by atoms with van der Waals surface area (Å²) in [7, 11) is 1.85. The Labute approximate surface area is 129 Å². The summed E-state index contributed by atoms with van der Waals surface area (Å²) in [5, 5.41) is 3.09. The Hall–Kier alpha value is -1.01. The molecule has 6 heteroatoms. The molecule has 0 aliphatic carbocycles. The average molecular weight is 386 g/mol. The molecule has 19 heavy (non-hydrogen) atoms. The van der Waals surface area contributed by atoms with Crippen LogP contribution in [0.5, 0.6) is 0 Å². The van der Waals surface area contributed by atoms with Gasteiger partial charge < -0.3 is 5.32 Å². The molecule has 0 aliphatic rings. The minimum Gasteiger partial charge on any atom is -0.372 e. The standard InChI is InChI=1S/C13H14Br2N4/c1-7(2)11-10(15)13(16-3)19-12(18-11)8-4-9(14)6-17-5-8/h4-7H,1-3H3,(H,16,18,19). The Kier molecular flexibility index (Phi) is 4.52. The van der Waals surface area contributed by atoms with E-state index in [-0.39, 0.29) is 0 Å². The van der Waals surface area contributed by atoms with Crippen LogP contribution in [0.1, 0.15) is 25.5 Å². The van der Waals surface area contributed by atoms with Gasteiger partial charge in [0.25, 0.3) is 0 Å². The molecule has 0 saturated heterocycles. The first-order chi connectivity index (χ1) is 9.02. The van der Waals surface area contributed by atoms with Crippen molar-refractivity contribution in [3.05, 3.63) is 33.1 Å². The highest BCUT2D eigenvalue weighted by Crippen LogP contribution is 2.31. The van der Waals surface area contributed by atoms with Crippen molar-refractivity contribution >= 4 is 37.7 Å². The van der Waals surface area contributed by atoms with Gasteiger partial charge in [0.1, 0.15) is 5.82 Å². The van der Waals surface area contributed by atoms with E-state index in [0.717, 1.165) is 26.0 Å². The zero-order valence-corrected chi connectivity index (χ0v) is 14.1. The van der Waals surface area contributed by atoms with E-state index in [1.165, 1.54) is 0 Å². The lowest BCUT2D eigenvalue weighted by Gasteiger charge is -2.13. The number of nitrogens with zero attached hydrogens (tertiary/aromatic N) is 3. The van der Waals surface area contributed by atoms with Crippen molar-refractivity contribution < 1.29 is 0 Å². The molecule has 2 aromatic heterocycles. The summed E-state index contributed by atoms with van der Waals surface area (Å²) in [6.45, 7) is 4.21. The highest BCUT2D eigenvalue weighted by atomic mass is 79.9. The molecule has 1 N–H and O–H groups in total. The van der Waals surface area contributed by atoms with E-state index >= 15 is 0 Å². The van der Waals surface area contributed by atoms with Gasteiger partial charge >= 0.3 is 0 Å². The maximum absolute atomic E-state index is 4.63. The van der Waals surface area contributed by atoms with Crippen LogP contribution in [0.2, 0.25) is 0 Å². The van der Waals surface area contributed by atoms with Gasteiger partial charge in [0.2, 0.25) is 0 Å². The third-order valence-electron chi connectivity index (χ3n) is 2.62. The van der Waals surface area contributed by atoms with Gasteiger partial charge in [-0.25, -0.2) is 9.97 Å². The fourth-order valence-corrected chi connectivity index (χ4v) is 2.87. The highest BCUT2D eigenvalue weighted by molar-refractivity contribution is 9.11. The van der Waals surface area contributed by atoms with Crippen LogP contribution in [0.25, 0.3) is 11.4 Å². The number of hydrogen-bond donors (Lipinski definition) is 1. The zero-order chi connectivity index (χ0) is 14.0. The number of aromatic nitrogens is 3. The van der Waals surface area contributed by atoms with E-state index in [2.05, 4.69) is 66.0 Å². The molecule has 0 unspecified atom stereocenters. The molecule has 0 saturated carbocycles. The number of anilines is 1. The SMILES string of the molecule is CNc1nc(-c2cncc(Br)c2)nc(C(C)C)c1Br. The molecule has 0 radical (unpaired) electrons. The van der Waals surface area contributed by atoms with E-state index in [9.17, 15) is 0 Å². The number of pyridine rings is 1. The van der Waals surface area contributed by atoms with E-state index in [4.69, 9.17) is 0 Å². The van der Waals surface area contributed by atoms with Crippen molar-refractivity contribution in [2.75, 3.05) is 12.4 Å². The summed E-state index contributed by atoms with van der Waals surface area (Å²) < 4.78 is 1.82. The summed E-state index contributed by atoms with van der Waals surface area (Å²) in [6.07, 6.45) is 3.50. The second-order valence-corrected chi connectivity index (χ2v) is 6.10. The maximum Gasteiger partial charge on any atom is 0.163 e. The van der Waals surface area contributed by atoms with Crippen molar-refractivity contribution in [1.29, 1.82) is 0 Å². The largest absolute Gasteiger partial charge is 0.372 e. The predicted octanol–water partition coefficient (Wildman–Crippen LogP) is 4.23. The van der Waals surface area contributed by atoms with Crippen molar-refractivity contribution in [2.24, 2.45) is 0 Å². The van der Waals surface area contributed by atoms with Crippen molar-refractivity contribution in [1.82, 2.24) is 15.0 Å². The third-order valence-corrected chi connectivity index (χ3v) is 3.84. The monoisotopic (exact) mass is 384 g/mol. The lowest BCUT2D eigenvalue weighted by Crippen LogP contribution is -2.04. The highest BCUT2D eigenvalue weighted by Gasteiger charge is 2.15. The fraction of sp³-hybridized carbons (Fsp3) is 0.308. The van der Waals surface area contributed by atoms with E-state index in [1.807, 2.05) is 13.1 Å². The summed E-state index contributed by atoms with van der Waals surface area (Å²) in [6, 6.07) is 1.96. The minimum atomic E-state index is 0.309. The lowest BCUT2D eigenvalue weighted by molar-refractivity contribution is 0.810. The first-order valence-electron chi connectivity index (χ1n) is 5.89. The maximum atomic E-state index is 4.63. The normalized spacial score (nSPS) is 10.8. The van der Waals surface area contributed by atoms with Gasteiger partial charge in [-0.15, -0.1) is 0 Å². The van der Waals surface area contributed by atoms with E-state index in [0.29, 0.717) is 11.7 Å². The van der Waals surface area contributed by atoms with Gasteiger partial charge in [-0.05, 0) is 43.8 Å². The van der Waals surface area contributed by atoms with E-state index in [1.54, 1.807) is 12.4 Å². The molecular formula is C13H14Br2N4. The minimum absolute atomic E-state index is 0.309. The molecular weight excluding hydrogens is 372 g/mol. The number of hydrogen-bond acceptors (Lipinski definition) is 4. The van der Waals surface area contributed by atoms with Crippen LogP contribution in [0, 0.1) is 0 Å². The van der Waals surface area contributed by atoms with Crippen molar-refractivity contribution in [3.8, 4) is 11.4 Å². The zero-order valence-electron chi connectivity index (χ0n) is 10.9. The van der Waals surface area contributed by atoms with Gasteiger partial charge in [0.05, 0.1) is 10.2 Å². The smallest absolute Gasteiger partial charge is 0.163 e. The molecule has 0 fully saturated rings. The molecule has 0 spiro atoms. The molecule has 4 nitrogen and oxygen atoms in total. The number of rotatable bonds is 3.